The Morgan fingerprint density at radius 3 is 1.68 bits per heavy atom. The van der Waals surface area contributed by atoms with Crippen LogP contribution in [-0.2, 0) is 5.33 Å². The Hall–Kier alpha value is -0.110. The van der Waals surface area contributed by atoms with E-state index < -0.39 is 23.3 Å². The summed E-state index contributed by atoms with van der Waals surface area (Å²) in [4.78, 5) is 0. The van der Waals surface area contributed by atoms with Crippen LogP contribution in [0.5, 0.6) is 0 Å². The summed E-state index contributed by atoms with van der Waals surface area (Å²) in [7, 11) is 0. The molecule has 2 aromatic carbocycles. The van der Waals surface area contributed by atoms with Crippen molar-refractivity contribution in [1.82, 2.24) is 0 Å². The first-order valence-electron chi connectivity index (χ1n) is 5.58. The van der Waals surface area contributed by atoms with Crippen molar-refractivity contribution in [3.05, 3.63) is 67.6 Å². The first-order valence-corrected chi connectivity index (χ1v) is 8.28. The van der Waals surface area contributed by atoms with Crippen LogP contribution in [0.4, 0.5) is 17.6 Å². The Bertz CT molecular complexity index is 623. The van der Waals surface area contributed by atoms with E-state index in [1.807, 2.05) is 0 Å². The standard InChI is InChI=1S/C7H4Br2F2.C7H5BrF2.ClH/c8-3-4-6(10)2-1-5(9)7(4)11;1-4-6(9)3-2-5(8)7(4)10;/h1-2H,3H2;2-3H,1H3;1H. The third-order valence-electron chi connectivity index (χ3n) is 2.55. The van der Waals surface area contributed by atoms with Crippen molar-refractivity contribution in [3.8, 4) is 0 Å². The van der Waals surface area contributed by atoms with Gasteiger partial charge in [-0.2, -0.15) is 0 Å². The average molecular weight is 529 g/mol. The van der Waals surface area contributed by atoms with Crippen LogP contribution in [0, 0.1) is 30.2 Å². The lowest BCUT2D eigenvalue weighted by molar-refractivity contribution is 0.562. The topological polar surface area (TPSA) is 0 Å². The summed E-state index contributed by atoms with van der Waals surface area (Å²) in [6, 6.07) is 5.14. The smallest absolute Gasteiger partial charge is 0.144 e. The Labute approximate surface area is 157 Å². The maximum Gasteiger partial charge on any atom is 0.144 e. The van der Waals surface area contributed by atoms with Gasteiger partial charge in [-0.3, -0.25) is 0 Å². The summed E-state index contributed by atoms with van der Waals surface area (Å²) in [5, 5.41) is 0.185. The van der Waals surface area contributed by atoms with Gasteiger partial charge in [0.05, 0.1) is 8.95 Å². The van der Waals surface area contributed by atoms with Gasteiger partial charge in [0, 0.05) is 16.5 Å². The van der Waals surface area contributed by atoms with Gasteiger partial charge in [-0.15, -0.1) is 12.4 Å². The van der Waals surface area contributed by atoms with Gasteiger partial charge in [-0.1, -0.05) is 15.9 Å². The Balaban J connectivity index is 0.000000385. The van der Waals surface area contributed by atoms with Gasteiger partial charge in [0.1, 0.15) is 23.3 Å². The largest absolute Gasteiger partial charge is 0.207 e. The van der Waals surface area contributed by atoms with Crippen molar-refractivity contribution >= 4 is 60.2 Å². The number of halogens is 8. The molecule has 0 aromatic heterocycles. The molecule has 0 aliphatic carbocycles. The van der Waals surface area contributed by atoms with E-state index in [-0.39, 0.29) is 33.3 Å². The average Bonchev–Trinajstić information content (AvgIpc) is 2.46. The third-order valence-corrected chi connectivity index (χ3v) is 4.33. The summed E-state index contributed by atoms with van der Waals surface area (Å²) < 4.78 is 51.5. The van der Waals surface area contributed by atoms with Gasteiger partial charge < -0.3 is 0 Å². The van der Waals surface area contributed by atoms with Gasteiger partial charge in [-0.25, -0.2) is 17.6 Å². The minimum absolute atomic E-state index is 0. The fourth-order valence-corrected chi connectivity index (χ4v) is 2.64. The maximum atomic E-state index is 12.9. The fraction of sp³-hybridized carbons (Fsp3) is 0.143. The highest BCUT2D eigenvalue weighted by Crippen LogP contribution is 2.23. The normalized spacial score (nSPS) is 9.64. The number of benzene rings is 2. The van der Waals surface area contributed by atoms with Gasteiger partial charge >= 0.3 is 0 Å². The predicted octanol–water partition coefficient (Wildman–Crippen LogP) is 7.08. The molecule has 0 aliphatic heterocycles. The highest BCUT2D eigenvalue weighted by Gasteiger charge is 2.09. The van der Waals surface area contributed by atoms with Crippen LogP contribution in [-0.4, -0.2) is 0 Å². The molecule has 0 heterocycles. The Morgan fingerprint density at radius 2 is 1.27 bits per heavy atom. The molecule has 0 spiro atoms. The van der Waals surface area contributed by atoms with Gasteiger partial charge in [0.2, 0.25) is 0 Å². The molecule has 0 amide bonds. The van der Waals surface area contributed by atoms with Crippen LogP contribution in [0.3, 0.4) is 0 Å². The van der Waals surface area contributed by atoms with Crippen LogP contribution < -0.4 is 0 Å². The zero-order valence-electron chi connectivity index (χ0n) is 11.1. The summed E-state index contributed by atoms with van der Waals surface area (Å²) in [5.74, 6) is -2.11. The summed E-state index contributed by atoms with van der Waals surface area (Å²) >= 11 is 8.89. The lowest BCUT2D eigenvalue weighted by Crippen LogP contribution is -1.92. The van der Waals surface area contributed by atoms with E-state index >= 15 is 0 Å². The molecular weight excluding hydrogens is 519 g/mol. The maximum absolute atomic E-state index is 12.9. The lowest BCUT2D eigenvalue weighted by atomic mass is 10.2. The van der Waals surface area contributed by atoms with Crippen LogP contribution in [0.2, 0.25) is 0 Å². The van der Waals surface area contributed by atoms with Gasteiger partial charge in [0.15, 0.2) is 0 Å². The zero-order chi connectivity index (χ0) is 16.2. The second kappa shape index (κ2) is 9.90. The number of hydrogen-bond donors (Lipinski definition) is 0. The van der Waals surface area contributed by atoms with Crippen molar-refractivity contribution in [3.63, 3.8) is 0 Å². The molecule has 2 aromatic rings. The highest BCUT2D eigenvalue weighted by atomic mass is 79.9. The van der Waals surface area contributed by atoms with E-state index in [1.165, 1.54) is 31.2 Å². The molecule has 0 nitrogen and oxygen atoms in total. The number of rotatable bonds is 1. The number of hydrogen-bond acceptors (Lipinski definition) is 0. The van der Waals surface area contributed by atoms with E-state index in [2.05, 4.69) is 47.8 Å². The molecule has 0 fully saturated rings. The Morgan fingerprint density at radius 1 is 0.818 bits per heavy atom. The van der Waals surface area contributed by atoms with Crippen molar-refractivity contribution in [2.45, 2.75) is 12.3 Å². The van der Waals surface area contributed by atoms with Crippen molar-refractivity contribution in [2.24, 2.45) is 0 Å². The quantitative estimate of drug-likeness (QED) is 0.211. The molecule has 0 unspecified atom stereocenters. The summed E-state index contributed by atoms with van der Waals surface area (Å²) in [6.07, 6.45) is 0. The van der Waals surface area contributed by atoms with E-state index in [4.69, 9.17) is 0 Å². The molecule has 0 radical (unpaired) electrons. The molecule has 0 N–H and O–H groups in total. The molecule has 22 heavy (non-hydrogen) atoms. The van der Waals surface area contributed by atoms with Crippen LogP contribution >= 0.6 is 60.2 Å². The summed E-state index contributed by atoms with van der Waals surface area (Å²) in [5.41, 5.74) is 0.105. The van der Waals surface area contributed by atoms with Gasteiger partial charge in [-0.05, 0) is 63.0 Å². The SMILES string of the molecule is Cc1c(F)ccc(Br)c1F.Cl.Fc1ccc(Br)c(F)c1CBr. The van der Waals surface area contributed by atoms with Crippen molar-refractivity contribution in [1.29, 1.82) is 0 Å². The second-order valence-electron chi connectivity index (χ2n) is 3.92. The van der Waals surface area contributed by atoms with E-state index in [0.717, 1.165) is 0 Å². The van der Waals surface area contributed by atoms with Crippen molar-refractivity contribution in [2.75, 3.05) is 0 Å². The lowest BCUT2D eigenvalue weighted by Gasteiger charge is -2.01. The second-order valence-corrected chi connectivity index (χ2v) is 6.19. The van der Waals surface area contributed by atoms with Gasteiger partial charge in [0.25, 0.3) is 0 Å². The van der Waals surface area contributed by atoms with E-state index in [0.29, 0.717) is 4.47 Å². The molecule has 0 saturated heterocycles. The number of alkyl halides is 1. The highest BCUT2D eigenvalue weighted by molar-refractivity contribution is 9.10. The predicted molar refractivity (Wildman–Crippen MR) is 92.7 cm³/mol. The first-order chi connectivity index (χ1) is 9.79. The van der Waals surface area contributed by atoms with E-state index in [1.54, 1.807) is 0 Å². The molecule has 0 atom stereocenters. The summed E-state index contributed by atoms with van der Waals surface area (Å²) in [6.45, 7) is 1.40. The molecule has 0 bridgehead atoms. The van der Waals surface area contributed by atoms with Crippen LogP contribution in [0.1, 0.15) is 11.1 Å². The molecule has 0 aliphatic rings. The van der Waals surface area contributed by atoms with Crippen LogP contribution in [0.15, 0.2) is 33.2 Å². The monoisotopic (exact) mass is 526 g/mol. The minimum Gasteiger partial charge on any atom is -0.207 e. The Kier molecular flexibility index (Phi) is 9.85. The fourth-order valence-electron chi connectivity index (χ4n) is 1.32. The van der Waals surface area contributed by atoms with E-state index in [9.17, 15) is 17.6 Å². The zero-order valence-corrected chi connectivity index (χ0v) is 16.6. The third kappa shape index (κ3) is 5.51. The molecule has 0 saturated carbocycles. The molecule has 2 rings (SSSR count). The molecule has 122 valence electrons. The first kappa shape index (κ1) is 21.9. The molecular formula is C14H10Br3ClF4. The van der Waals surface area contributed by atoms with Crippen LogP contribution in [0.25, 0.3) is 0 Å². The minimum atomic E-state index is -0.540. The molecule has 8 heteroatoms. The van der Waals surface area contributed by atoms with Crippen molar-refractivity contribution < 1.29 is 17.6 Å².